The maximum absolute atomic E-state index is 5.02. The third-order valence-electron chi connectivity index (χ3n) is 6.85. The number of nitrogens with zero attached hydrogens (tertiary/aromatic N) is 7. The van der Waals surface area contributed by atoms with Gasteiger partial charge in [0.05, 0.1) is 17.6 Å². The maximum atomic E-state index is 5.02. The highest BCUT2D eigenvalue weighted by molar-refractivity contribution is 5.85. The van der Waals surface area contributed by atoms with E-state index in [4.69, 9.17) is 19.9 Å². The minimum absolute atomic E-state index is 0.513. The average Bonchev–Trinajstić information content (AvgIpc) is 3.51. The molecule has 0 saturated carbocycles. The van der Waals surface area contributed by atoms with Crippen LogP contribution in [0.3, 0.4) is 0 Å². The third-order valence-corrected chi connectivity index (χ3v) is 6.85. The molecule has 0 unspecified atom stereocenters. The van der Waals surface area contributed by atoms with Crippen LogP contribution in [-0.2, 0) is 6.54 Å². The van der Waals surface area contributed by atoms with Gasteiger partial charge in [0, 0.05) is 37.9 Å². The summed E-state index contributed by atoms with van der Waals surface area (Å²) in [6.07, 6.45) is 1.83. The number of hydrogen-bond acceptors (Lipinski definition) is 7. The lowest BCUT2D eigenvalue weighted by molar-refractivity contribution is 0.208. The molecule has 0 radical (unpaired) electrons. The van der Waals surface area contributed by atoms with Gasteiger partial charge in [-0.15, -0.1) is 0 Å². The van der Waals surface area contributed by atoms with Crippen molar-refractivity contribution in [3.63, 3.8) is 0 Å². The number of imidazole rings is 2. The Morgan fingerprint density at radius 3 is 2.58 bits per heavy atom. The quantitative estimate of drug-likeness (QED) is 0.377. The Kier molecular flexibility index (Phi) is 5.77. The molecule has 0 aliphatic carbocycles. The Morgan fingerprint density at radius 2 is 1.81 bits per heavy atom. The van der Waals surface area contributed by atoms with Crippen molar-refractivity contribution in [2.75, 3.05) is 36.4 Å². The number of benzene rings is 2. The minimum Gasteiger partial charge on any atom is -0.361 e. The molecular formula is C27H31N9. The zero-order valence-corrected chi connectivity index (χ0v) is 20.9. The smallest absolute Gasteiger partial charge is 0.229 e. The van der Waals surface area contributed by atoms with Gasteiger partial charge in [0.25, 0.3) is 0 Å². The summed E-state index contributed by atoms with van der Waals surface area (Å²) in [6.45, 7) is 10.9. The summed E-state index contributed by atoms with van der Waals surface area (Å²) >= 11 is 0. The molecule has 9 heteroatoms. The summed E-state index contributed by atoms with van der Waals surface area (Å²) in [5.41, 5.74) is 5.75. The van der Waals surface area contributed by atoms with Gasteiger partial charge in [-0.2, -0.15) is 9.97 Å². The van der Waals surface area contributed by atoms with E-state index in [0.29, 0.717) is 18.4 Å². The van der Waals surface area contributed by atoms with Crippen LogP contribution in [0.25, 0.3) is 27.9 Å². The van der Waals surface area contributed by atoms with Gasteiger partial charge in [0.2, 0.25) is 5.95 Å². The highest BCUT2D eigenvalue weighted by Gasteiger charge is 2.23. The monoisotopic (exact) mass is 481 g/mol. The van der Waals surface area contributed by atoms with Crippen molar-refractivity contribution in [2.45, 2.75) is 33.4 Å². The lowest BCUT2D eigenvalue weighted by Gasteiger charge is -2.37. The number of piperazine rings is 1. The van der Waals surface area contributed by atoms with Crippen LogP contribution in [0, 0.1) is 6.92 Å². The van der Waals surface area contributed by atoms with E-state index in [2.05, 4.69) is 65.1 Å². The van der Waals surface area contributed by atoms with Crippen molar-refractivity contribution in [3.05, 3.63) is 66.2 Å². The molecule has 0 bridgehead atoms. The van der Waals surface area contributed by atoms with E-state index in [1.807, 2.05) is 35.2 Å². The number of H-pyrrole nitrogens is 1. The summed E-state index contributed by atoms with van der Waals surface area (Å²) in [5.74, 6) is 2.30. The van der Waals surface area contributed by atoms with Gasteiger partial charge in [-0.25, -0.2) is 9.97 Å². The normalized spacial score (nSPS) is 14.8. The van der Waals surface area contributed by atoms with Gasteiger partial charge in [-0.3, -0.25) is 9.47 Å². The molecule has 2 N–H and O–H groups in total. The van der Waals surface area contributed by atoms with E-state index in [9.17, 15) is 0 Å². The lowest BCUT2D eigenvalue weighted by atomic mass is 10.2. The van der Waals surface area contributed by atoms with Crippen LogP contribution in [-0.4, -0.2) is 66.6 Å². The standard InChI is InChI=1S/C27H31N9/c1-18(2)34-11-13-35(14-12-34)27-32-25(28-16-23-30-21-9-4-5-10-22(21)31-23)24-26(33-27)36(17-29-24)20-8-6-7-19(3)15-20/h4-10,15,17-18H,11-14,16H2,1-3H3,(H,30,31)(H,28,32,33). The Hall–Kier alpha value is -3.98. The molecule has 0 atom stereocenters. The Labute approximate surface area is 210 Å². The maximum Gasteiger partial charge on any atom is 0.229 e. The number of aryl methyl sites for hydroxylation is 1. The molecule has 1 fully saturated rings. The first-order chi connectivity index (χ1) is 17.5. The van der Waals surface area contributed by atoms with E-state index in [0.717, 1.165) is 65.8 Å². The van der Waals surface area contributed by atoms with E-state index >= 15 is 0 Å². The van der Waals surface area contributed by atoms with Crippen LogP contribution in [0.1, 0.15) is 25.2 Å². The number of para-hydroxylation sites is 2. The molecule has 4 heterocycles. The first kappa shape index (κ1) is 22.5. The SMILES string of the molecule is Cc1cccc(-n2cnc3c(NCc4nc5ccccc5[nH]4)nc(N4CCN(C(C)C)CC4)nc32)c1. The van der Waals surface area contributed by atoms with E-state index in [1.165, 1.54) is 5.56 Å². The second kappa shape index (κ2) is 9.23. The third kappa shape index (κ3) is 4.26. The molecule has 0 spiro atoms. The summed E-state index contributed by atoms with van der Waals surface area (Å²) < 4.78 is 2.05. The molecule has 1 aliphatic rings. The van der Waals surface area contributed by atoms with Crippen LogP contribution in [0.15, 0.2) is 54.9 Å². The van der Waals surface area contributed by atoms with Gasteiger partial charge in [0.1, 0.15) is 12.2 Å². The van der Waals surface area contributed by atoms with Crippen molar-refractivity contribution in [1.82, 2.24) is 34.4 Å². The predicted octanol–water partition coefficient (Wildman–Crippen LogP) is 4.14. The first-order valence-corrected chi connectivity index (χ1v) is 12.5. The van der Waals surface area contributed by atoms with Crippen LogP contribution in [0.2, 0.25) is 0 Å². The largest absolute Gasteiger partial charge is 0.361 e. The molecule has 1 saturated heterocycles. The Bertz CT molecular complexity index is 1480. The fraction of sp³-hybridized carbons (Fsp3) is 0.333. The molecule has 9 nitrogen and oxygen atoms in total. The fourth-order valence-electron chi connectivity index (χ4n) is 4.82. The van der Waals surface area contributed by atoms with Crippen LogP contribution in [0.4, 0.5) is 11.8 Å². The predicted molar refractivity (Wildman–Crippen MR) is 144 cm³/mol. The van der Waals surface area contributed by atoms with Gasteiger partial charge in [0.15, 0.2) is 17.0 Å². The summed E-state index contributed by atoms with van der Waals surface area (Å²) in [7, 11) is 0. The molecule has 0 amide bonds. The molecule has 36 heavy (non-hydrogen) atoms. The van der Waals surface area contributed by atoms with Gasteiger partial charge in [-0.1, -0.05) is 24.3 Å². The zero-order valence-electron chi connectivity index (χ0n) is 20.9. The number of hydrogen-bond donors (Lipinski definition) is 2. The summed E-state index contributed by atoms with van der Waals surface area (Å²) in [4.78, 5) is 27.6. The Balaban J connectivity index is 1.37. The highest BCUT2D eigenvalue weighted by atomic mass is 15.3. The molecule has 5 aromatic rings. The van der Waals surface area contributed by atoms with E-state index < -0.39 is 0 Å². The second-order valence-corrected chi connectivity index (χ2v) is 9.67. The van der Waals surface area contributed by atoms with Crippen LogP contribution in [0.5, 0.6) is 0 Å². The van der Waals surface area contributed by atoms with Crippen molar-refractivity contribution in [2.24, 2.45) is 0 Å². The van der Waals surface area contributed by atoms with Gasteiger partial charge < -0.3 is 15.2 Å². The highest BCUT2D eigenvalue weighted by Crippen LogP contribution is 2.26. The number of fused-ring (bicyclic) bond motifs is 2. The van der Waals surface area contributed by atoms with Gasteiger partial charge in [-0.05, 0) is 50.6 Å². The van der Waals surface area contributed by atoms with Crippen LogP contribution >= 0.6 is 0 Å². The number of nitrogens with one attached hydrogen (secondary N) is 2. The van der Waals surface area contributed by atoms with Crippen molar-refractivity contribution >= 4 is 34.0 Å². The fourth-order valence-corrected chi connectivity index (χ4v) is 4.82. The van der Waals surface area contributed by atoms with E-state index in [-0.39, 0.29) is 0 Å². The molecule has 184 valence electrons. The average molecular weight is 482 g/mol. The van der Waals surface area contributed by atoms with Crippen LogP contribution < -0.4 is 10.2 Å². The molecular weight excluding hydrogens is 450 g/mol. The Morgan fingerprint density at radius 1 is 0.972 bits per heavy atom. The molecule has 3 aromatic heterocycles. The molecule has 1 aliphatic heterocycles. The molecule has 6 rings (SSSR count). The number of aromatic nitrogens is 6. The lowest BCUT2D eigenvalue weighted by Crippen LogP contribution is -2.49. The first-order valence-electron chi connectivity index (χ1n) is 12.5. The zero-order chi connectivity index (χ0) is 24.6. The summed E-state index contributed by atoms with van der Waals surface area (Å²) in [5, 5.41) is 3.49. The minimum atomic E-state index is 0.513. The van der Waals surface area contributed by atoms with Crippen molar-refractivity contribution < 1.29 is 0 Å². The topological polar surface area (TPSA) is 90.8 Å². The van der Waals surface area contributed by atoms with Crippen molar-refractivity contribution in [1.29, 1.82) is 0 Å². The molecule has 2 aromatic carbocycles. The number of rotatable bonds is 6. The number of aromatic amines is 1. The van der Waals surface area contributed by atoms with Gasteiger partial charge >= 0.3 is 0 Å². The second-order valence-electron chi connectivity index (χ2n) is 9.67. The van der Waals surface area contributed by atoms with Crippen molar-refractivity contribution in [3.8, 4) is 5.69 Å². The summed E-state index contributed by atoms with van der Waals surface area (Å²) in [6, 6.07) is 17.0. The van der Waals surface area contributed by atoms with E-state index in [1.54, 1.807) is 0 Å². The number of anilines is 2.